The van der Waals surface area contributed by atoms with E-state index >= 15 is 0 Å². The molecule has 0 radical (unpaired) electrons. The minimum Gasteiger partial charge on any atom is -0.271 e. The molecule has 1 aromatic carbocycles. The van der Waals surface area contributed by atoms with E-state index in [1.807, 2.05) is 18.7 Å². The molecule has 2 unspecified atom stereocenters. The van der Waals surface area contributed by atoms with Crippen LogP contribution in [0, 0.1) is 12.8 Å². The van der Waals surface area contributed by atoms with Crippen molar-refractivity contribution >= 4 is 31.9 Å². The summed E-state index contributed by atoms with van der Waals surface area (Å²) >= 11 is 7.54. The van der Waals surface area contributed by atoms with Crippen molar-refractivity contribution in [2.45, 2.75) is 24.6 Å². The summed E-state index contributed by atoms with van der Waals surface area (Å²) in [7, 11) is 2.03. The van der Waals surface area contributed by atoms with Gasteiger partial charge in [-0.15, -0.1) is 0 Å². The molecule has 0 amide bonds. The number of aryl methyl sites for hydroxylation is 2. The van der Waals surface area contributed by atoms with E-state index in [0.717, 1.165) is 23.0 Å². The van der Waals surface area contributed by atoms with Gasteiger partial charge in [0.05, 0.1) is 15.9 Å². The molecular weight excluding hydrogens is 368 g/mol. The Kier molecular flexibility index (Phi) is 3.56. The standard InChI is InChI=1S/C15H16Br2N2/c1-9-14(16)13(19(2)18-9)8-11-7-10-5-3-4-6-12(10)15(11)17/h3-6,11,15H,7-8H2,1-2H3. The number of nitrogens with zero attached hydrogens (tertiary/aromatic N) is 2. The highest BCUT2D eigenvalue weighted by Crippen LogP contribution is 2.44. The number of benzene rings is 1. The van der Waals surface area contributed by atoms with Crippen molar-refractivity contribution in [1.82, 2.24) is 9.78 Å². The van der Waals surface area contributed by atoms with Gasteiger partial charge in [0, 0.05) is 11.9 Å². The highest BCUT2D eigenvalue weighted by Gasteiger charge is 2.31. The second-order valence-electron chi connectivity index (χ2n) is 5.24. The summed E-state index contributed by atoms with van der Waals surface area (Å²) in [5, 5.41) is 4.48. The molecule has 0 spiro atoms. The number of hydrogen-bond acceptors (Lipinski definition) is 1. The lowest BCUT2D eigenvalue weighted by molar-refractivity contribution is 0.526. The van der Waals surface area contributed by atoms with Gasteiger partial charge in [-0.05, 0) is 52.7 Å². The third-order valence-electron chi connectivity index (χ3n) is 3.97. The summed E-state index contributed by atoms with van der Waals surface area (Å²) in [5.74, 6) is 0.600. The van der Waals surface area contributed by atoms with Crippen LogP contribution in [-0.2, 0) is 19.9 Å². The highest BCUT2D eigenvalue weighted by atomic mass is 79.9. The molecule has 1 aliphatic rings. The van der Waals surface area contributed by atoms with Gasteiger partial charge < -0.3 is 0 Å². The molecule has 0 N–H and O–H groups in total. The first-order valence-corrected chi connectivity index (χ1v) is 8.18. The maximum Gasteiger partial charge on any atom is 0.0738 e. The lowest BCUT2D eigenvalue weighted by Gasteiger charge is -2.15. The molecule has 1 aromatic heterocycles. The molecule has 0 saturated heterocycles. The van der Waals surface area contributed by atoms with Crippen LogP contribution >= 0.6 is 31.9 Å². The van der Waals surface area contributed by atoms with Crippen LogP contribution in [0.15, 0.2) is 28.7 Å². The molecule has 1 aliphatic carbocycles. The van der Waals surface area contributed by atoms with E-state index in [9.17, 15) is 0 Å². The molecule has 3 rings (SSSR count). The summed E-state index contributed by atoms with van der Waals surface area (Å²) in [6.07, 6.45) is 2.19. The smallest absolute Gasteiger partial charge is 0.0738 e. The van der Waals surface area contributed by atoms with Gasteiger partial charge in [0.2, 0.25) is 0 Å². The molecule has 2 aromatic rings. The van der Waals surface area contributed by atoms with Crippen molar-refractivity contribution in [1.29, 1.82) is 0 Å². The first-order chi connectivity index (χ1) is 9.08. The van der Waals surface area contributed by atoms with Crippen LogP contribution in [0.3, 0.4) is 0 Å². The summed E-state index contributed by atoms with van der Waals surface area (Å²) in [6.45, 7) is 2.04. The Balaban J connectivity index is 1.87. The summed E-state index contributed by atoms with van der Waals surface area (Å²) < 4.78 is 3.16. The molecule has 0 aliphatic heterocycles. The zero-order valence-corrected chi connectivity index (χ0v) is 14.2. The number of alkyl halides is 1. The van der Waals surface area contributed by atoms with Crippen molar-refractivity contribution in [3.8, 4) is 0 Å². The number of hydrogen-bond donors (Lipinski definition) is 0. The predicted molar refractivity (Wildman–Crippen MR) is 84.7 cm³/mol. The van der Waals surface area contributed by atoms with Gasteiger partial charge in [0.25, 0.3) is 0 Å². The second kappa shape index (κ2) is 5.06. The third kappa shape index (κ3) is 2.29. The Labute approximate surface area is 130 Å². The topological polar surface area (TPSA) is 17.8 Å². The van der Waals surface area contributed by atoms with Gasteiger partial charge in [-0.1, -0.05) is 40.2 Å². The van der Waals surface area contributed by atoms with Crippen LogP contribution in [0.5, 0.6) is 0 Å². The zero-order chi connectivity index (χ0) is 13.6. The molecule has 2 atom stereocenters. The van der Waals surface area contributed by atoms with Crippen LogP contribution < -0.4 is 0 Å². The number of rotatable bonds is 2. The van der Waals surface area contributed by atoms with Crippen molar-refractivity contribution < 1.29 is 0 Å². The van der Waals surface area contributed by atoms with E-state index in [-0.39, 0.29) is 0 Å². The fourth-order valence-electron chi connectivity index (χ4n) is 2.95. The lowest BCUT2D eigenvalue weighted by atomic mass is 10.00. The molecule has 100 valence electrons. The van der Waals surface area contributed by atoms with E-state index < -0.39 is 0 Å². The van der Waals surface area contributed by atoms with Gasteiger partial charge in [-0.3, -0.25) is 4.68 Å². The maximum atomic E-state index is 4.48. The van der Waals surface area contributed by atoms with Gasteiger partial charge in [-0.2, -0.15) is 5.10 Å². The Morgan fingerprint density at radius 3 is 2.74 bits per heavy atom. The average Bonchev–Trinajstić information content (AvgIpc) is 2.83. The van der Waals surface area contributed by atoms with E-state index in [1.54, 1.807) is 0 Å². The van der Waals surface area contributed by atoms with E-state index in [0.29, 0.717) is 10.7 Å². The van der Waals surface area contributed by atoms with Crippen LogP contribution in [-0.4, -0.2) is 9.78 Å². The molecular formula is C15H16Br2N2. The monoisotopic (exact) mass is 382 g/mol. The molecule has 0 bridgehead atoms. The first kappa shape index (κ1) is 13.4. The molecule has 0 saturated carbocycles. The number of aromatic nitrogens is 2. The van der Waals surface area contributed by atoms with Gasteiger partial charge in [0.15, 0.2) is 0 Å². The molecule has 2 nitrogen and oxygen atoms in total. The minimum absolute atomic E-state index is 0.450. The van der Waals surface area contributed by atoms with Gasteiger partial charge >= 0.3 is 0 Å². The minimum atomic E-state index is 0.450. The van der Waals surface area contributed by atoms with Crippen molar-refractivity contribution in [3.05, 3.63) is 51.3 Å². The normalized spacial score (nSPS) is 21.7. The SMILES string of the molecule is Cc1nn(C)c(CC2Cc3ccccc3C2Br)c1Br. The third-order valence-corrected chi connectivity index (χ3v) is 6.24. The fraction of sp³-hybridized carbons (Fsp3) is 0.400. The molecule has 0 fully saturated rings. The van der Waals surface area contributed by atoms with Gasteiger partial charge in [-0.25, -0.2) is 0 Å². The summed E-state index contributed by atoms with van der Waals surface area (Å²) in [5.41, 5.74) is 5.28. The first-order valence-electron chi connectivity index (χ1n) is 6.47. The predicted octanol–water partition coefficient (Wildman–Crippen LogP) is 4.34. The van der Waals surface area contributed by atoms with Crippen molar-refractivity contribution in [2.75, 3.05) is 0 Å². The zero-order valence-electron chi connectivity index (χ0n) is 11.0. The van der Waals surface area contributed by atoms with Crippen LogP contribution in [0.2, 0.25) is 0 Å². The average molecular weight is 384 g/mol. The largest absolute Gasteiger partial charge is 0.271 e. The van der Waals surface area contributed by atoms with Gasteiger partial charge in [0.1, 0.15) is 0 Å². The second-order valence-corrected chi connectivity index (χ2v) is 7.02. The van der Waals surface area contributed by atoms with E-state index in [4.69, 9.17) is 0 Å². The van der Waals surface area contributed by atoms with Crippen LogP contribution in [0.1, 0.15) is 27.3 Å². The van der Waals surface area contributed by atoms with Crippen molar-refractivity contribution in [3.63, 3.8) is 0 Å². The number of halogens is 2. The van der Waals surface area contributed by atoms with Crippen molar-refractivity contribution in [2.24, 2.45) is 13.0 Å². The van der Waals surface area contributed by atoms with Crippen LogP contribution in [0.25, 0.3) is 0 Å². The Bertz CT molecular complexity index is 619. The Morgan fingerprint density at radius 2 is 2.11 bits per heavy atom. The highest BCUT2D eigenvalue weighted by molar-refractivity contribution is 9.10. The molecule has 1 heterocycles. The Hall–Kier alpha value is -0.610. The molecule has 19 heavy (non-hydrogen) atoms. The Morgan fingerprint density at radius 1 is 1.37 bits per heavy atom. The van der Waals surface area contributed by atoms with E-state index in [2.05, 4.69) is 61.2 Å². The maximum absolute atomic E-state index is 4.48. The summed E-state index contributed by atoms with van der Waals surface area (Å²) in [4.78, 5) is 0.450. The van der Waals surface area contributed by atoms with E-state index in [1.165, 1.54) is 16.8 Å². The summed E-state index contributed by atoms with van der Waals surface area (Å²) in [6, 6.07) is 8.73. The fourth-order valence-corrected chi connectivity index (χ4v) is 4.27. The van der Waals surface area contributed by atoms with Crippen LogP contribution in [0.4, 0.5) is 0 Å². The lowest BCUT2D eigenvalue weighted by Crippen LogP contribution is -2.10. The number of fused-ring (bicyclic) bond motifs is 1. The molecule has 4 heteroatoms. The quantitative estimate of drug-likeness (QED) is 0.705.